The molecule has 0 saturated heterocycles. The van der Waals surface area contributed by atoms with Crippen molar-refractivity contribution in [2.24, 2.45) is 0 Å². The minimum Gasteiger partial charge on any atom is -0.495 e. The lowest BCUT2D eigenvalue weighted by Gasteiger charge is -2.15. The van der Waals surface area contributed by atoms with Crippen LogP contribution in [0.4, 0.5) is 10.1 Å². The second-order valence-electron chi connectivity index (χ2n) is 5.63. The Labute approximate surface area is 136 Å². The van der Waals surface area contributed by atoms with Gasteiger partial charge in [0.1, 0.15) is 16.5 Å². The van der Waals surface area contributed by atoms with Crippen LogP contribution in [0.2, 0.25) is 0 Å². The quantitative estimate of drug-likeness (QED) is 0.895. The number of ether oxygens (including phenoxy) is 1. The zero-order valence-electron chi connectivity index (χ0n) is 13.6. The smallest absolute Gasteiger partial charge is 0.265 e. The van der Waals surface area contributed by atoms with E-state index in [1.807, 2.05) is 19.9 Å². The zero-order chi connectivity index (χ0) is 17.2. The van der Waals surface area contributed by atoms with Gasteiger partial charge in [0.2, 0.25) is 0 Å². The number of hydrogen-bond acceptors (Lipinski definition) is 3. The fourth-order valence-corrected chi connectivity index (χ4v) is 3.49. The van der Waals surface area contributed by atoms with Gasteiger partial charge in [0.25, 0.3) is 10.0 Å². The summed E-state index contributed by atoms with van der Waals surface area (Å²) in [5.74, 6) is -0.0853. The predicted molar refractivity (Wildman–Crippen MR) is 89.0 cm³/mol. The highest BCUT2D eigenvalue weighted by molar-refractivity contribution is 7.92. The largest absolute Gasteiger partial charge is 0.495 e. The Bertz CT molecular complexity index is 817. The van der Waals surface area contributed by atoms with Crippen molar-refractivity contribution < 1.29 is 17.5 Å². The molecule has 0 bridgehead atoms. The highest BCUT2D eigenvalue weighted by atomic mass is 32.2. The molecule has 23 heavy (non-hydrogen) atoms. The zero-order valence-corrected chi connectivity index (χ0v) is 14.4. The second-order valence-corrected chi connectivity index (χ2v) is 7.28. The lowest BCUT2D eigenvalue weighted by molar-refractivity contribution is 0.402. The molecule has 2 aromatic carbocycles. The number of hydrogen-bond donors (Lipinski definition) is 1. The van der Waals surface area contributed by atoms with Crippen molar-refractivity contribution in [3.8, 4) is 5.75 Å². The molecule has 6 heteroatoms. The SMILES string of the molecule is COc1ccc(C(C)C)cc1S(=O)(=O)Nc1cc(F)ccc1C. The Morgan fingerprint density at radius 1 is 1.13 bits per heavy atom. The first-order valence-electron chi connectivity index (χ1n) is 7.21. The molecule has 0 aliphatic carbocycles. The Hall–Kier alpha value is -2.08. The van der Waals surface area contributed by atoms with Gasteiger partial charge in [-0.1, -0.05) is 26.0 Å². The van der Waals surface area contributed by atoms with Crippen molar-refractivity contribution >= 4 is 15.7 Å². The Morgan fingerprint density at radius 3 is 2.43 bits per heavy atom. The van der Waals surface area contributed by atoms with Gasteiger partial charge in [-0.15, -0.1) is 0 Å². The van der Waals surface area contributed by atoms with E-state index >= 15 is 0 Å². The number of halogens is 1. The third-order valence-corrected chi connectivity index (χ3v) is 4.97. The Kier molecular flexibility index (Phi) is 4.94. The molecule has 0 fully saturated rings. The first kappa shape index (κ1) is 17.3. The molecule has 1 N–H and O–H groups in total. The van der Waals surface area contributed by atoms with Crippen molar-refractivity contribution in [1.29, 1.82) is 0 Å². The maximum atomic E-state index is 13.4. The molecular weight excluding hydrogens is 317 g/mol. The molecule has 0 radical (unpaired) electrons. The van der Waals surface area contributed by atoms with E-state index in [0.29, 0.717) is 5.56 Å². The van der Waals surface area contributed by atoms with Crippen LogP contribution < -0.4 is 9.46 Å². The second kappa shape index (κ2) is 6.58. The summed E-state index contributed by atoms with van der Waals surface area (Å²) < 4.78 is 46.4. The molecule has 2 aromatic rings. The van der Waals surface area contributed by atoms with Crippen molar-refractivity contribution in [2.45, 2.75) is 31.6 Å². The molecule has 0 amide bonds. The minimum atomic E-state index is -3.89. The van der Waals surface area contributed by atoms with Gasteiger partial charge in [0.05, 0.1) is 12.8 Å². The number of anilines is 1. The van der Waals surface area contributed by atoms with Crippen molar-refractivity contribution in [3.05, 3.63) is 53.3 Å². The lowest BCUT2D eigenvalue weighted by Crippen LogP contribution is -2.15. The van der Waals surface area contributed by atoms with Gasteiger partial charge in [-0.25, -0.2) is 12.8 Å². The average Bonchev–Trinajstić information content (AvgIpc) is 2.50. The van der Waals surface area contributed by atoms with E-state index in [1.54, 1.807) is 19.1 Å². The minimum absolute atomic E-state index is 0.0369. The predicted octanol–water partition coefficient (Wildman–Crippen LogP) is 4.07. The molecule has 124 valence electrons. The third kappa shape index (κ3) is 3.82. The van der Waals surface area contributed by atoms with Crippen LogP contribution in [0, 0.1) is 12.7 Å². The van der Waals surface area contributed by atoms with Gasteiger partial charge in [-0.3, -0.25) is 4.72 Å². The average molecular weight is 337 g/mol. The normalized spacial score (nSPS) is 11.6. The molecule has 0 heterocycles. The van der Waals surface area contributed by atoms with Crippen LogP contribution >= 0.6 is 0 Å². The van der Waals surface area contributed by atoms with Gasteiger partial charge in [0, 0.05) is 0 Å². The van der Waals surface area contributed by atoms with Crippen LogP contribution in [0.15, 0.2) is 41.3 Å². The first-order chi connectivity index (χ1) is 10.7. The molecule has 0 aliphatic rings. The molecule has 0 aromatic heterocycles. The number of aryl methyl sites for hydroxylation is 1. The van der Waals surface area contributed by atoms with Gasteiger partial charge < -0.3 is 4.74 Å². The van der Waals surface area contributed by atoms with Crippen LogP contribution in [-0.2, 0) is 10.0 Å². The molecular formula is C17H20FNO3S. The molecule has 0 spiro atoms. The van der Waals surface area contributed by atoms with Crippen LogP contribution in [-0.4, -0.2) is 15.5 Å². The van der Waals surface area contributed by atoms with E-state index in [4.69, 9.17) is 4.74 Å². The van der Waals surface area contributed by atoms with Crippen LogP contribution in [0.1, 0.15) is 30.9 Å². The molecule has 0 saturated carbocycles. The molecule has 2 rings (SSSR count). The summed E-state index contributed by atoms with van der Waals surface area (Å²) in [6, 6.07) is 9.01. The molecule has 0 aliphatic heterocycles. The fraction of sp³-hybridized carbons (Fsp3) is 0.294. The summed E-state index contributed by atoms with van der Waals surface area (Å²) in [6.07, 6.45) is 0. The van der Waals surface area contributed by atoms with Crippen molar-refractivity contribution in [1.82, 2.24) is 0 Å². The van der Waals surface area contributed by atoms with E-state index < -0.39 is 15.8 Å². The Morgan fingerprint density at radius 2 is 1.83 bits per heavy atom. The number of benzene rings is 2. The Balaban J connectivity index is 2.50. The van der Waals surface area contributed by atoms with E-state index in [9.17, 15) is 12.8 Å². The lowest BCUT2D eigenvalue weighted by atomic mass is 10.0. The summed E-state index contributed by atoms with van der Waals surface area (Å²) in [5, 5.41) is 0. The molecule has 0 unspecified atom stereocenters. The van der Waals surface area contributed by atoms with Crippen molar-refractivity contribution in [3.63, 3.8) is 0 Å². The van der Waals surface area contributed by atoms with Gasteiger partial charge >= 0.3 is 0 Å². The maximum Gasteiger partial charge on any atom is 0.265 e. The summed E-state index contributed by atoms with van der Waals surface area (Å²) in [5.41, 5.74) is 1.72. The van der Waals surface area contributed by atoms with E-state index in [1.165, 1.54) is 19.2 Å². The van der Waals surface area contributed by atoms with E-state index in [2.05, 4.69) is 4.72 Å². The van der Waals surface area contributed by atoms with Gasteiger partial charge in [-0.2, -0.15) is 0 Å². The molecule has 4 nitrogen and oxygen atoms in total. The fourth-order valence-electron chi connectivity index (χ4n) is 2.17. The first-order valence-corrected chi connectivity index (χ1v) is 8.70. The van der Waals surface area contributed by atoms with Crippen LogP contribution in [0.3, 0.4) is 0 Å². The monoisotopic (exact) mass is 337 g/mol. The standard InChI is InChI=1S/C17H20FNO3S/c1-11(2)13-6-8-16(22-4)17(9-13)23(20,21)19-15-10-14(18)7-5-12(15)3/h5-11,19H,1-4H3. The highest BCUT2D eigenvalue weighted by Crippen LogP contribution is 2.30. The van der Waals surface area contributed by atoms with Gasteiger partial charge in [-0.05, 0) is 48.2 Å². The highest BCUT2D eigenvalue weighted by Gasteiger charge is 2.21. The number of sulfonamides is 1. The van der Waals surface area contributed by atoms with E-state index in [-0.39, 0.29) is 22.3 Å². The number of methoxy groups -OCH3 is 1. The number of nitrogens with one attached hydrogen (secondary N) is 1. The van der Waals surface area contributed by atoms with Crippen LogP contribution in [0.25, 0.3) is 0 Å². The summed E-state index contributed by atoms with van der Waals surface area (Å²) in [4.78, 5) is 0.0369. The van der Waals surface area contributed by atoms with Crippen LogP contribution in [0.5, 0.6) is 5.75 Å². The summed E-state index contributed by atoms with van der Waals surface area (Å²) in [6.45, 7) is 5.66. The summed E-state index contributed by atoms with van der Waals surface area (Å²) in [7, 11) is -2.48. The molecule has 0 atom stereocenters. The summed E-state index contributed by atoms with van der Waals surface area (Å²) >= 11 is 0. The topological polar surface area (TPSA) is 55.4 Å². The number of rotatable bonds is 5. The maximum absolute atomic E-state index is 13.4. The van der Waals surface area contributed by atoms with Gasteiger partial charge in [0.15, 0.2) is 0 Å². The third-order valence-electron chi connectivity index (χ3n) is 3.59. The van der Waals surface area contributed by atoms with E-state index in [0.717, 1.165) is 11.6 Å². The van der Waals surface area contributed by atoms with Crippen molar-refractivity contribution in [2.75, 3.05) is 11.8 Å².